The van der Waals surface area contributed by atoms with Gasteiger partial charge in [-0.3, -0.25) is 4.79 Å². The molecule has 3 aromatic rings. The Bertz CT molecular complexity index is 837. The summed E-state index contributed by atoms with van der Waals surface area (Å²) in [5.74, 6) is 0.812. The van der Waals surface area contributed by atoms with Gasteiger partial charge in [0.05, 0.1) is 0 Å². The Kier molecular flexibility index (Phi) is 4.72. The fraction of sp³-hybridized carbons (Fsp3) is 0.158. The van der Waals surface area contributed by atoms with Crippen molar-refractivity contribution < 1.29 is 4.79 Å². The van der Waals surface area contributed by atoms with Crippen molar-refractivity contribution in [2.24, 2.45) is 5.73 Å². The standard InChI is InChI=1S/C19H20N4O/c1-14(24)22-18-7-5-17(6-8-18)19-21-9-10-23(19)13-16-4-2-3-15(11-16)12-20/h2-11H,12-13,20H2,1H3,(H,22,24). The number of hydrogen-bond acceptors (Lipinski definition) is 3. The number of nitrogens with one attached hydrogen (secondary N) is 1. The molecule has 5 nitrogen and oxygen atoms in total. The lowest BCUT2D eigenvalue weighted by Crippen LogP contribution is -2.05. The molecule has 0 radical (unpaired) electrons. The van der Waals surface area contributed by atoms with Crippen LogP contribution in [0.5, 0.6) is 0 Å². The summed E-state index contributed by atoms with van der Waals surface area (Å²) in [6.45, 7) is 2.77. The van der Waals surface area contributed by atoms with Crippen LogP contribution in [-0.2, 0) is 17.9 Å². The second-order valence-corrected chi connectivity index (χ2v) is 5.66. The lowest BCUT2D eigenvalue weighted by Gasteiger charge is -2.10. The van der Waals surface area contributed by atoms with Gasteiger partial charge in [0.15, 0.2) is 0 Å². The highest BCUT2D eigenvalue weighted by Crippen LogP contribution is 2.21. The van der Waals surface area contributed by atoms with Gasteiger partial charge >= 0.3 is 0 Å². The number of hydrogen-bond donors (Lipinski definition) is 2. The maximum absolute atomic E-state index is 11.1. The van der Waals surface area contributed by atoms with Crippen LogP contribution in [0.1, 0.15) is 18.1 Å². The Balaban J connectivity index is 1.83. The summed E-state index contributed by atoms with van der Waals surface area (Å²) in [5, 5.41) is 2.77. The van der Waals surface area contributed by atoms with Crippen LogP contribution in [0.25, 0.3) is 11.4 Å². The molecule has 5 heteroatoms. The molecule has 0 saturated heterocycles. The Morgan fingerprint density at radius 1 is 1.17 bits per heavy atom. The van der Waals surface area contributed by atoms with Crippen LogP contribution in [0.15, 0.2) is 60.9 Å². The molecule has 3 N–H and O–H groups in total. The molecular weight excluding hydrogens is 300 g/mol. The summed E-state index contributed by atoms with van der Waals surface area (Å²) in [4.78, 5) is 15.6. The van der Waals surface area contributed by atoms with E-state index in [0.29, 0.717) is 6.54 Å². The molecular formula is C19H20N4O. The van der Waals surface area contributed by atoms with Gasteiger partial charge in [-0.2, -0.15) is 0 Å². The van der Waals surface area contributed by atoms with E-state index >= 15 is 0 Å². The normalized spacial score (nSPS) is 10.6. The minimum absolute atomic E-state index is 0.0796. The minimum Gasteiger partial charge on any atom is -0.327 e. The molecule has 24 heavy (non-hydrogen) atoms. The summed E-state index contributed by atoms with van der Waals surface area (Å²) in [6.07, 6.45) is 3.76. The van der Waals surface area contributed by atoms with Crippen molar-refractivity contribution in [3.63, 3.8) is 0 Å². The third kappa shape index (κ3) is 3.70. The molecule has 0 aliphatic heterocycles. The molecule has 0 unspecified atom stereocenters. The number of benzene rings is 2. The summed E-state index contributed by atoms with van der Waals surface area (Å²) in [7, 11) is 0. The summed E-state index contributed by atoms with van der Waals surface area (Å²) in [6, 6.07) is 15.9. The second kappa shape index (κ2) is 7.10. The molecule has 0 bridgehead atoms. The minimum atomic E-state index is -0.0796. The highest BCUT2D eigenvalue weighted by Gasteiger charge is 2.07. The van der Waals surface area contributed by atoms with E-state index < -0.39 is 0 Å². The van der Waals surface area contributed by atoms with Gasteiger partial charge in [-0.05, 0) is 35.4 Å². The van der Waals surface area contributed by atoms with Gasteiger partial charge < -0.3 is 15.6 Å². The largest absolute Gasteiger partial charge is 0.327 e. The summed E-state index contributed by atoms with van der Waals surface area (Å²) >= 11 is 0. The van der Waals surface area contributed by atoms with E-state index in [-0.39, 0.29) is 5.91 Å². The number of nitrogens with two attached hydrogens (primary N) is 1. The van der Waals surface area contributed by atoms with Gasteiger partial charge in [-0.15, -0.1) is 0 Å². The first-order chi connectivity index (χ1) is 11.7. The molecule has 1 aromatic heterocycles. The SMILES string of the molecule is CC(=O)Nc1ccc(-c2nccn2Cc2cccc(CN)c2)cc1. The van der Waals surface area contributed by atoms with Crippen LogP contribution < -0.4 is 11.1 Å². The zero-order valence-corrected chi connectivity index (χ0v) is 13.6. The number of carbonyl (C=O) groups is 1. The molecule has 0 saturated carbocycles. The first-order valence-corrected chi connectivity index (χ1v) is 7.83. The Morgan fingerprint density at radius 2 is 1.92 bits per heavy atom. The first kappa shape index (κ1) is 16.0. The van der Waals surface area contributed by atoms with Crippen LogP contribution >= 0.6 is 0 Å². The molecule has 0 spiro atoms. The number of aromatic nitrogens is 2. The highest BCUT2D eigenvalue weighted by molar-refractivity contribution is 5.88. The van der Waals surface area contributed by atoms with Crippen LogP contribution in [0.4, 0.5) is 5.69 Å². The number of anilines is 1. The average Bonchev–Trinajstić information content (AvgIpc) is 3.03. The molecule has 0 aliphatic rings. The molecule has 0 atom stereocenters. The van der Waals surface area contributed by atoms with Crippen molar-refractivity contribution in [2.75, 3.05) is 5.32 Å². The lowest BCUT2D eigenvalue weighted by atomic mass is 10.1. The zero-order chi connectivity index (χ0) is 16.9. The molecule has 122 valence electrons. The quantitative estimate of drug-likeness (QED) is 0.759. The smallest absolute Gasteiger partial charge is 0.221 e. The highest BCUT2D eigenvalue weighted by atomic mass is 16.1. The Hall–Kier alpha value is -2.92. The predicted molar refractivity (Wildman–Crippen MR) is 95.4 cm³/mol. The number of nitrogens with zero attached hydrogens (tertiary/aromatic N) is 2. The summed E-state index contributed by atoms with van der Waals surface area (Å²) in [5.41, 5.74) is 9.80. The van der Waals surface area contributed by atoms with E-state index in [4.69, 9.17) is 5.73 Å². The van der Waals surface area contributed by atoms with E-state index in [0.717, 1.165) is 29.2 Å². The monoisotopic (exact) mass is 320 g/mol. The van der Waals surface area contributed by atoms with Gasteiger partial charge in [0.25, 0.3) is 0 Å². The van der Waals surface area contributed by atoms with Crippen LogP contribution in [0.3, 0.4) is 0 Å². The number of imidazole rings is 1. The fourth-order valence-corrected chi connectivity index (χ4v) is 2.65. The van der Waals surface area contributed by atoms with Crippen molar-refractivity contribution in [3.8, 4) is 11.4 Å². The van der Waals surface area contributed by atoms with Gasteiger partial charge in [0.2, 0.25) is 5.91 Å². The fourth-order valence-electron chi connectivity index (χ4n) is 2.65. The Morgan fingerprint density at radius 3 is 2.62 bits per heavy atom. The summed E-state index contributed by atoms with van der Waals surface area (Å²) < 4.78 is 2.10. The van der Waals surface area contributed by atoms with E-state index in [1.807, 2.05) is 42.6 Å². The van der Waals surface area contributed by atoms with E-state index in [1.165, 1.54) is 12.5 Å². The topological polar surface area (TPSA) is 72.9 Å². The van der Waals surface area contributed by atoms with Gasteiger partial charge in [-0.1, -0.05) is 24.3 Å². The average molecular weight is 320 g/mol. The van der Waals surface area contributed by atoms with Crippen LogP contribution in [0, 0.1) is 0 Å². The third-order valence-corrected chi connectivity index (χ3v) is 3.76. The number of amides is 1. The lowest BCUT2D eigenvalue weighted by molar-refractivity contribution is -0.114. The van der Waals surface area contributed by atoms with E-state index in [9.17, 15) is 4.79 Å². The maximum Gasteiger partial charge on any atom is 0.221 e. The van der Waals surface area contributed by atoms with Gasteiger partial charge in [-0.25, -0.2) is 4.98 Å². The van der Waals surface area contributed by atoms with Crippen molar-refractivity contribution in [2.45, 2.75) is 20.0 Å². The number of rotatable bonds is 5. The van der Waals surface area contributed by atoms with Gasteiger partial charge in [0, 0.05) is 43.7 Å². The van der Waals surface area contributed by atoms with Crippen molar-refractivity contribution >= 4 is 11.6 Å². The van der Waals surface area contributed by atoms with E-state index in [2.05, 4.69) is 27.0 Å². The molecule has 1 heterocycles. The van der Waals surface area contributed by atoms with Crippen molar-refractivity contribution in [3.05, 3.63) is 72.1 Å². The molecule has 0 aliphatic carbocycles. The van der Waals surface area contributed by atoms with Gasteiger partial charge in [0.1, 0.15) is 5.82 Å². The third-order valence-electron chi connectivity index (χ3n) is 3.76. The number of carbonyl (C=O) groups excluding carboxylic acids is 1. The van der Waals surface area contributed by atoms with Crippen LogP contribution in [-0.4, -0.2) is 15.5 Å². The van der Waals surface area contributed by atoms with Crippen LogP contribution in [0.2, 0.25) is 0 Å². The molecule has 2 aromatic carbocycles. The van der Waals surface area contributed by atoms with Crippen molar-refractivity contribution in [1.29, 1.82) is 0 Å². The second-order valence-electron chi connectivity index (χ2n) is 5.66. The molecule has 1 amide bonds. The molecule has 0 fully saturated rings. The predicted octanol–water partition coefficient (Wildman–Crippen LogP) is 3.02. The zero-order valence-electron chi connectivity index (χ0n) is 13.6. The first-order valence-electron chi connectivity index (χ1n) is 7.83. The van der Waals surface area contributed by atoms with Crippen molar-refractivity contribution in [1.82, 2.24) is 9.55 Å². The maximum atomic E-state index is 11.1. The molecule has 3 rings (SSSR count). The van der Waals surface area contributed by atoms with E-state index in [1.54, 1.807) is 6.20 Å². The Labute approximate surface area is 141 Å².